The minimum absolute atomic E-state index is 0.245. The molecule has 2 N–H and O–H groups in total. The summed E-state index contributed by atoms with van der Waals surface area (Å²) in [5, 5.41) is 9.12. The Morgan fingerprint density at radius 1 is 1.39 bits per heavy atom. The third-order valence-corrected chi connectivity index (χ3v) is 2.29. The van der Waals surface area contributed by atoms with E-state index in [1.165, 1.54) is 6.33 Å². The number of aromatic nitrogens is 3. The lowest BCUT2D eigenvalue weighted by molar-refractivity contribution is -0.116. The molecule has 18 heavy (non-hydrogen) atoms. The minimum Gasteiger partial charge on any atom is -0.336 e. The molecule has 0 aliphatic rings. The van der Waals surface area contributed by atoms with Crippen LogP contribution in [0.1, 0.15) is 24.4 Å². The minimum atomic E-state index is -0.345. The smallest absolute Gasteiger partial charge is 0.296 e. The van der Waals surface area contributed by atoms with E-state index in [-0.39, 0.29) is 11.9 Å². The second kappa shape index (κ2) is 5.64. The first kappa shape index (κ1) is 11.9. The molecule has 0 radical (unpaired) electrons. The van der Waals surface area contributed by atoms with Crippen molar-refractivity contribution in [3.05, 3.63) is 48.0 Å². The van der Waals surface area contributed by atoms with Gasteiger partial charge in [-0.25, -0.2) is 4.98 Å². The number of hydrogen-bond donors (Lipinski definition) is 2. The average Bonchev–Trinajstić information content (AvgIpc) is 2.91. The topological polar surface area (TPSA) is 70.7 Å². The summed E-state index contributed by atoms with van der Waals surface area (Å²) in [5.74, 6) is 5.57. The fourth-order valence-electron chi connectivity index (χ4n) is 1.38. The second-order valence-electron chi connectivity index (χ2n) is 3.68. The molecule has 0 aliphatic carbocycles. The molecule has 2 rings (SSSR count). The summed E-state index contributed by atoms with van der Waals surface area (Å²) in [6, 6.07) is 9.10. The molecule has 0 saturated carbocycles. The molecule has 1 amide bonds. The van der Waals surface area contributed by atoms with Crippen LogP contribution in [0.25, 0.3) is 0 Å². The molecule has 5 nitrogen and oxygen atoms in total. The quantitative estimate of drug-likeness (QED) is 0.770. The van der Waals surface area contributed by atoms with Crippen molar-refractivity contribution in [1.82, 2.24) is 20.5 Å². The van der Waals surface area contributed by atoms with Crippen molar-refractivity contribution in [3.8, 4) is 11.8 Å². The van der Waals surface area contributed by atoms with Gasteiger partial charge < -0.3 is 5.32 Å². The van der Waals surface area contributed by atoms with Crippen LogP contribution in [-0.2, 0) is 4.79 Å². The van der Waals surface area contributed by atoms with E-state index in [0.717, 1.165) is 5.56 Å². The maximum Gasteiger partial charge on any atom is 0.296 e. The molecule has 90 valence electrons. The van der Waals surface area contributed by atoms with Gasteiger partial charge in [0.05, 0.1) is 6.04 Å². The van der Waals surface area contributed by atoms with Gasteiger partial charge in [-0.2, -0.15) is 5.10 Å². The number of carbonyl (C=O) groups is 1. The van der Waals surface area contributed by atoms with Crippen molar-refractivity contribution >= 4 is 5.91 Å². The molecular formula is C13H12N4O. The number of carbonyl (C=O) groups excluding carboxylic acids is 1. The standard InChI is InChI=1S/C13H12N4O/c1-10(13-14-9-15-17-13)16-12(18)8-7-11-5-3-2-4-6-11/h2-6,9-10H,1H3,(H,16,18)(H,14,15,17). The van der Waals surface area contributed by atoms with Crippen molar-refractivity contribution in [3.63, 3.8) is 0 Å². The maximum absolute atomic E-state index is 11.6. The van der Waals surface area contributed by atoms with Crippen LogP contribution < -0.4 is 5.32 Å². The van der Waals surface area contributed by atoms with Crippen LogP contribution in [0.5, 0.6) is 0 Å². The Hall–Kier alpha value is -2.61. The first-order valence-corrected chi connectivity index (χ1v) is 5.48. The summed E-state index contributed by atoms with van der Waals surface area (Å²) in [4.78, 5) is 15.5. The van der Waals surface area contributed by atoms with Crippen molar-refractivity contribution in [2.75, 3.05) is 0 Å². The normalized spacial score (nSPS) is 11.2. The van der Waals surface area contributed by atoms with Crippen molar-refractivity contribution in [2.45, 2.75) is 13.0 Å². The predicted octanol–water partition coefficient (Wildman–Crippen LogP) is 1.03. The molecule has 0 spiro atoms. The summed E-state index contributed by atoms with van der Waals surface area (Å²) in [5.41, 5.74) is 0.806. The number of nitrogens with one attached hydrogen (secondary N) is 2. The van der Waals surface area contributed by atoms with Gasteiger partial charge in [-0.05, 0) is 19.1 Å². The van der Waals surface area contributed by atoms with E-state index in [9.17, 15) is 4.79 Å². The molecule has 5 heteroatoms. The Labute approximate surface area is 105 Å². The van der Waals surface area contributed by atoms with Gasteiger partial charge in [0.25, 0.3) is 5.91 Å². The van der Waals surface area contributed by atoms with Crippen LogP contribution in [0.15, 0.2) is 36.7 Å². The number of H-pyrrole nitrogens is 1. The van der Waals surface area contributed by atoms with Crippen molar-refractivity contribution < 1.29 is 4.79 Å². The lowest BCUT2D eigenvalue weighted by atomic mass is 10.2. The Balaban J connectivity index is 1.96. The Kier molecular flexibility index (Phi) is 3.72. The summed E-state index contributed by atoms with van der Waals surface area (Å²) in [6.45, 7) is 1.81. The zero-order valence-corrected chi connectivity index (χ0v) is 9.84. The van der Waals surface area contributed by atoms with Gasteiger partial charge in [-0.1, -0.05) is 24.1 Å². The first-order valence-electron chi connectivity index (χ1n) is 5.48. The number of rotatable bonds is 2. The fraction of sp³-hybridized carbons (Fsp3) is 0.154. The van der Waals surface area contributed by atoms with Crippen LogP contribution in [0.3, 0.4) is 0 Å². The highest BCUT2D eigenvalue weighted by Crippen LogP contribution is 2.03. The first-order chi connectivity index (χ1) is 8.75. The monoisotopic (exact) mass is 240 g/mol. The summed E-state index contributed by atoms with van der Waals surface area (Å²) < 4.78 is 0. The number of aromatic amines is 1. The van der Waals surface area contributed by atoms with Crippen LogP contribution in [-0.4, -0.2) is 21.1 Å². The zero-order chi connectivity index (χ0) is 12.8. The zero-order valence-electron chi connectivity index (χ0n) is 9.84. The lowest BCUT2D eigenvalue weighted by Gasteiger charge is -2.06. The molecule has 1 aromatic carbocycles. The molecule has 2 aromatic rings. The van der Waals surface area contributed by atoms with Crippen molar-refractivity contribution in [1.29, 1.82) is 0 Å². The second-order valence-corrected chi connectivity index (χ2v) is 3.68. The highest BCUT2D eigenvalue weighted by atomic mass is 16.1. The summed E-state index contributed by atoms with van der Waals surface area (Å²) >= 11 is 0. The van der Waals surface area contributed by atoms with Crippen molar-refractivity contribution in [2.24, 2.45) is 0 Å². The van der Waals surface area contributed by atoms with E-state index in [4.69, 9.17) is 0 Å². The van der Waals surface area contributed by atoms with Crippen LogP contribution >= 0.6 is 0 Å². The maximum atomic E-state index is 11.6. The largest absolute Gasteiger partial charge is 0.336 e. The number of nitrogens with zero attached hydrogens (tertiary/aromatic N) is 2. The van der Waals surface area contributed by atoms with Crippen LogP contribution in [0.2, 0.25) is 0 Å². The van der Waals surface area contributed by atoms with Gasteiger partial charge in [-0.15, -0.1) is 0 Å². The Bertz CT molecular complexity index is 566. The fourth-order valence-corrected chi connectivity index (χ4v) is 1.38. The van der Waals surface area contributed by atoms with Gasteiger partial charge in [-0.3, -0.25) is 9.89 Å². The Morgan fingerprint density at radius 3 is 2.83 bits per heavy atom. The molecule has 1 aromatic heterocycles. The van der Waals surface area contributed by atoms with E-state index in [1.54, 1.807) is 0 Å². The Morgan fingerprint density at radius 2 is 2.17 bits per heavy atom. The summed E-state index contributed by atoms with van der Waals surface area (Å²) in [6.07, 6.45) is 1.40. The van der Waals surface area contributed by atoms with Gasteiger partial charge in [0, 0.05) is 11.5 Å². The third-order valence-electron chi connectivity index (χ3n) is 2.29. The molecule has 0 fully saturated rings. The predicted molar refractivity (Wildman–Crippen MR) is 66.3 cm³/mol. The number of hydrogen-bond acceptors (Lipinski definition) is 3. The molecular weight excluding hydrogens is 228 g/mol. The molecule has 1 atom stereocenters. The van der Waals surface area contributed by atoms with E-state index in [0.29, 0.717) is 5.82 Å². The SMILES string of the molecule is CC(NC(=O)C#Cc1ccccc1)c1ncn[nH]1. The number of amides is 1. The lowest BCUT2D eigenvalue weighted by Crippen LogP contribution is -2.25. The van der Waals surface area contributed by atoms with E-state index >= 15 is 0 Å². The van der Waals surface area contributed by atoms with E-state index in [2.05, 4.69) is 32.3 Å². The molecule has 0 bridgehead atoms. The van der Waals surface area contributed by atoms with Gasteiger partial charge in [0.1, 0.15) is 12.2 Å². The summed E-state index contributed by atoms with van der Waals surface area (Å²) in [7, 11) is 0. The highest BCUT2D eigenvalue weighted by molar-refractivity contribution is 5.94. The third kappa shape index (κ3) is 3.19. The van der Waals surface area contributed by atoms with Gasteiger partial charge in [0.15, 0.2) is 0 Å². The highest BCUT2D eigenvalue weighted by Gasteiger charge is 2.09. The van der Waals surface area contributed by atoms with E-state index < -0.39 is 0 Å². The van der Waals surface area contributed by atoms with Gasteiger partial charge >= 0.3 is 0 Å². The van der Waals surface area contributed by atoms with Gasteiger partial charge in [0.2, 0.25) is 0 Å². The van der Waals surface area contributed by atoms with Crippen LogP contribution in [0, 0.1) is 11.8 Å². The average molecular weight is 240 g/mol. The molecule has 0 aliphatic heterocycles. The van der Waals surface area contributed by atoms with Crippen LogP contribution in [0.4, 0.5) is 0 Å². The number of benzene rings is 1. The van der Waals surface area contributed by atoms with E-state index in [1.807, 2.05) is 37.3 Å². The molecule has 1 heterocycles. The molecule has 1 unspecified atom stereocenters. The molecule has 0 saturated heterocycles.